The third-order valence-corrected chi connectivity index (χ3v) is 5.16. The molecule has 0 atom stereocenters. The highest BCUT2D eigenvalue weighted by atomic mass is 16.5. The molecule has 5 heteroatoms. The van der Waals surface area contributed by atoms with Crippen molar-refractivity contribution in [3.63, 3.8) is 0 Å². The van der Waals surface area contributed by atoms with Crippen LogP contribution in [0.1, 0.15) is 34.1 Å². The van der Waals surface area contributed by atoms with E-state index in [1.165, 1.54) is 0 Å². The van der Waals surface area contributed by atoms with E-state index in [2.05, 4.69) is 5.32 Å². The molecular weight excluding hydrogens is 414 g/mol. The van der Waals surface area contributed by atoms with E-state index in [4.69, 9.17) is 13.9 Å². The molecule has 1 amide bonds. The van der Waals surface area contributed by atoms with Gasteiger partial charge < -0.3 is 19.2 Å². The lowest BCUT2D eigenvalue weighted by molar-refractivity contribution is -0.127. The van der Waals surface area contributed by atoms with E-state index in [0.717, 1.165) is 28.0 Å². The maximum atomic E-state index is 12.5. The second-order valence-corrected chi connectivity index (χ2v) is 7.68. The number of amides is 1. The minimum absolute atomic E-state index is 0.0274. The number of hydrogen-bond acceptors (Lipinski definition) is 4. The number of furan rings is 1. The smallest absolute Gasteiger partial charge is 0.246 e. The highest BCUT2D eigenvalue weighted by molar-refractivity contribution is 5.77. The highest BCUT2D eigenvalue weighted by Gasteiger charge is 2.16. The molecular formula is C28H27NO4. The van der Waals surface area contributed by atoms with Crippen molar-refractivity contribution in [3.05, 3.63) is 131 Å². The van der Waals surface area contributed by atoms with Gasteiger partial charge in [-0.1, -0.05) is 84.9 Å². The summed E-state index contributed by atoms with van der Waals surface area (Å²) in [5.41, 5.74) is 4.07. The van der Waals surface area contributed by atoms with Gasteiger partial charge in [-0.15, -0.1) is 0 Å². The van der Waals surface area contributed by atoms with Gasteiger partial charge in [0.15, 0.2) is 0 Å². The van der Waals surface area contributed by atoms with Crippen LogP contribution in [0, 0.1) is 0 Å². The van der Waals surface area contributed by atoms with Crippen molar-refractivity contribution in [1.82, 2.24) is 5.32 Å². The lowest BCUT2D eigenvalue weighted by Crippen LogP contribution is -2.28. The Labute approximate surface area is 194 Å². The molecule has 33 heavy (non-hydrogen) atoms. The minimum atomic E-state index is -0.298. The summed E-state index contributed by atoms with van der Waals surface area (Å²) in [6.07, 6.45) is 1.33. The molecule has 0 aliphatic carbocycles. The maximum absolute atomic E-state index is 12.5. The summed E-state index contributed by atoms with van der Waals surface area (Å²) < 4.78 is 17.0. The topological polar surface area (TPSA) is 60.7 Å². The van der Waals surface area contributed by atoms with E-state index < -0.39 is 0 Å². The predicted octanol–water partition coefficient (Wildman–Crippen LogP) is 5.42. The van der Waals surface area contributed by atoms with Gasteiger partial charge in [0, 0.05) is 6.54 Å². The van der Waals surface area contributed by atoms with Crippen molar-refractivity contribution in [1.29, 1.82) is 0 Å². The molecule has 0 radical (unpaired) electrons. The van der Waals surface area contributed by atoms with Gasteiger partial charge in [0.1, 0.15) is 25.1 Å². The van der Waals surface area contributed by atoms with E-state index in [9.17, 15) is 4.79 Å². The zero-order valence-corrected chi connectivity index (χ0v) is 18.4. The fourth-order valence-corrected chi connectivity index (χ4v) is 3.54. The molecule has 1 heterocycles. The fourth-order valence-electron chi connectivity index (χ4n) is 3.54. The summed E-state index contributed by atoms with van der Waals surface area (Å²) >= 11 is 0. The second kappa shape index (κ2) is 11.8. The van der Waals surface area contributed by atoms with Crippen LogP contribution in [-0.4, -0.2) is 12.5 Å². The molecule has 168 valence electrons. The highest BCUT2D eigenvalue weighted by Crippen LogP contribution is 2.25. The van der Waals surface area contributed by atoms with E-state index in [-0.39, 0.29) is 18.6 Å². The summed E-state index contributed by atoms with van der Waals surface area (Å²) in [6, 6.07) is 31.6. The largest absolute Gasteiger partial charge is 0.467 e. The first-order chi connectivity index (χ1) is 16.3. The van der Waals surface area contributed by atoms with E-state index in [1.807, 2.05) is 97.1 Å². The average molecular weight is 442 g/mol. The monoisotopic (exact) mass is 441 g/mol. The molecule has 4 aromatic rings. The molecule has 0 aliphatic heterocycles. The Hall–Kier alpha value is -3.67. The Morgan fingerprint density at radius 2 is 1.48 bits per heavy atom. The number of hydrogen-bond donors (Lipinski definition) is 1. The Bertz CT molecular complexity index is 1070. The summed E-state index contributed by atoms with van der Waals surface area (Å²) in [6.45, 7) is 1.30. The summed E-state index contributed by atoms with van der Waals surface area (Å²) in [7, 11) is 0. The van der Waals surface area contributed by atoms with Gasteiger partial charge >= 0.3 is 0 Å². The quantitative estimate of drug-likeness (QED) is 0.338. The average Bonchev–Trinajstić information content (AvgIpc) is 3.38. The first-order valence-electron chi connectivity index (χ1n) is 10.9. The van der Waals surface area contributed by atoms with Crippen molar-refractivity contribution in [2.24, 2.45) is 0 Å². The number of rotatable bonds is 11. The lowest BCUT2D eigenvalue weighted by Gasteiger charge is -2.19. The molecule has 0 unspecified atom stereocenters. The van der Waals surface area contributed by atoms with Crippen LogP contribution in [0.25, 0.3) is 0 Å². The summed E-state index contributed by atoms with van der Waals surface area (Å²) in [5, 5.41) is 2.94. The van der Waals surface area contributed by atoms with Crippen LogP contribution in [0.5, 0.6) is 0 Å². The predicted molar refractivity (Wildman–Crippen MR) is 126 cm³/mol. The van der Waals surface area contributed by atoms with Crippen LogP contribution in [0.15, 0.2) is 108 Å². The number of nitrogens with one attached hydrogen (secondary N) is 1. The molecule has 0 saturated carbocycles. The van der Waals surface area contributed by atoms with E-state index in [1.54, 1.807) is 6.26 Å². The van der Waals surface area contributed by atoms with Crippen molar-refractivity contribution in [2.45, 2.75) is 25.9 Å². The zero-order valence-electron chi connectivity index (χ0n) is 18.4. The molecule has 1 aromatic heterocycles. The van der Waals surface area contributed by atoms with Crippen LogP contribution in [0.4, 0.5) is 0 Å². The lowest BCUT2D eigenvalue weighted by atomic mass is 10.0. The maximum Gasteiger partial charge on any atom is 0.246 e. The molecule has 3 aromatic carbocycles. The van der Waals surface area contributed by atoms with E-state index >= 15 is 0 Å². The van der Waals surface area contributed by atoms with Crippen molar-refractivity contribution in [3.8, 4) is 0 Å². The molecule has 4 rings (SSSR count). The Kier molecular flexibility index (Phi) is 8.06. The van der Waals surface area contributed by atoms with Crippen LogP contribution >= 0.6 is 0 Å². The Balaban J connectivity index is 1.28. The molecule has 0 saturated heterocycles. The third-order valence-electron chi connectivity index (χ3n) is 5.16. The van der Waals surface area contributed by atoms with Crippen molar-refractivity contribution < 1.29 is 18.7 Å². The number of carbonyl (C=O) groups is 1. The van der Waals surface area contributed by atoms with Gasteiger partial charge in [0.25, 0.3) is 0 Å². The standard InChI is InChI=1S/C28H27NO4/c30-27(21-33-28(24-11-3-1-4-12-24)25-13-5-2-6-14-25)29-18-22-9-7-10-23(17-22)19-31-20-26-15-8-16-32-26/h1-17,28H,18-21H2,(H,29,30). The number of ether oxygens (including phenoxy) is 2. The molecule has 0 aliphatic rings. The van der Waals surface area contributed by atoms with Gasteiger partial charge in [0.05, 0.1) is 12.9 Å². The summed E-state index contributed by atoms with van der Waals surface area (Å²) in [4.78, 5) is 12.5. The van der Waals surface area contributed by atoms with Gasteiger partial charge in [-0.3, -0.25) is 4.79 Å². The minimum Gasteiger partial charge on any atom is -0.467 e. The van der Waals surface area contributed by atoms with Gasteiger partial charge in [-0.25, -0.2) is 0 Å². The van der Waals surface area contributed by atoms with Crippen LogP contribution in [0.2, 0.25) is 0 Å². The number of benzene rings is 3. The second-order valence-electron chi connectivity index (χ2n) is 7.68. The van der Waals surface area contributed by atoms with Crippen molar-refractivity contribution >= 4 is 5.91 Å². The molecule has 5 nitrogen and oxygen atoms in total. The Morgan fingerprint density at radius 3 is 2.15 bits per heavy atom. The normalized spacial score (nSPS) is 10.9. The van der Waals surface area contributed by atoms with E-state index in [0.29, 0.717) is 19.8 Å². The number of carbonyl (C=O) groups excluding carboxylic acids is 1. The third kappa shape index (κ3) is 6.91. The van der Waals surface area contributed by atoms with Crippen LogP contribution in [0.3, 0.4) is 0 Å². The fraction of sp³-hybridized carbons (Fsp3) is 0.179. The van der Waals surface area contributed by atoms with Gasteiger partial charge in [0.2, 0.25) is 5.91 Å². The first kappa shape index (κ1) is 22.5. The first-order valence-corrected chi connectivity index (χ1v) is 10.9. The van der Waals surface area contributed by atoms with Gasteiger partial charge in [-0.2, -0.15) is 0 Å². The molecule has 0 bridgehead atoms. The van der Waals surface area contributed by atoms with Crippen LogP contribution in [-0.2, 0) is 34.0 Å². The molecule has 0 fully saturated rings. The van der Waals surface area contributed by atoms with Crippen LogP contribution < -0.4 is 5.32 Å². The van der Waals surface area contributed by atoms with Crippen molar-refractivity contribution in [2.75, 3.05) is 6.61 Å². The van der Waals surface area contributed by atoms with Gasteiger partial charge in [-0.05, 0) is 34.4 Å². The molecule has 1 N–H and O–H groups in total. The molecule has 0 spiro atoms. The SMILES string of the molecule is O=C(COC(c1ccccc1)c1ccccc1)NCc1cccc(COCc2ccco2)c1. The summed E-state index contributed by atoms with van der Waals surface area (Å²) in [5.74, 6) is 0.633. The Morgan fingerprint density at radius 1 is 0.788 bits per heavy atom. The zero-order chi connectivity index (χ0) is 22.7.